The molecule has 0 radical (unpaired) electrons. The molecular weight excluding hydrogens is 434 g/mol. The van der Waals surface area contributed by atoms with Gasteiger partial charge in [0, 0.05) is 20.8 Å². The Morgan fingerprint density at radius 2 is 1.80 bits per heavy atom. The van der Waals surface area contributed by atoms with E-state index < -0.39 is 41.7 Å². The number of thiazole rings is 1. The summed E-state index contributed by atoms with van der Waals surface area (Å²) in [7, 11) is 1.59. The van der Waals surface area contributed by atoms with E-state index in [1.807, 2.05) is 18.2 Å². The molecule has 2 aromatic rings. The maximum atomic E-state index is 11.7. The number of carbonyl (C=O) groups excluding carboxylic acids is 3. The van der Waals surface area contributed by atoms with Gasteiger partial charge in [0.05, 0.1) is 17.3 Å². The number of aromatic nitrogens is 1. The molecule has 1 saturated heterocycles. The second-order valence-electron chi connectivity index (χ2n) is 6.42. The number of fused-ring (bicyclic) bond motifs is 1. The monoisotopic (exact) mass is 455 g/mol. The first kappa shape index (κ1) is 22.3. The van der Waals surface area contributed by atoms with E-state index in [-0.39, 0.29) is 6.61 Å². The predicted molar refractivity (Wildman–Crippen MR) is 108 cm³/mol. The molecule has 0 saturated carbocycles. The highest BCUT2D eigenvalue weighted by atomic mass is 32.2. The third kappa shape index (κ3) is 5.41. The molecule has 1 aromatic heterocycles. The maximum Gasteiger partial charge on any atom is 0.303 e. The van der Waals surface area contributed by atoms with Crippen LogP contribution >= 0.6 is 23.1 Å². The number of esters is 3. The van der Waals surface area contributed by atoms with Crippen LogP contribution in [0.3, 0.4) is 0 Å². The highest BCUT2D eigenvalue weighted by Crippen LogP contribution is 2.40. The fraction of sp³-hybridized carbons (Fsp3) is 0.474. The summed E-state index contributed by atoms with van der Waals surface area (Å²) < 4.78 is 28.6. The minimum Gasteiger partial charge on any atom is -0.497 e. The Bertz CT molecular complexity index is 946. The van der Waals surface area contributed by atoms with Crippen LogP contribution in [0.1, 0.15) is 20.8 Å². The van der Waals surface area contributed by atoms with Crippen LogP contribution in [0.15, 0.2) is 22.5 Å². The van der Waals surface area contributed by atoms with Crippen molar-refractivity contribution in [2.24, 2.45) is 0 Å². The smallest absolute Gasteiger partial charge is 0.303 e. The van der Waals surface area contributed by atoms with Crippen LogP contribution < -0.4 is 4.74 Å². The Morgan fingerprint density at radius 1 is 1.10 bits per heavy atom. The van der Waals surface area contributed by atoms with Crippen LogP contribution in [0.25, 0.3) is 10.2 Å². The van der Waals surface area contributed by atoms with Crippen molar-refractivity contribution in [3.63, 3.8) is 0 Å². The number of ether oxygens (including phenoxy) is 5. The highest BCUT2D eigenvalue weighted by molar-refractivity contribution is 8.01. The molecule has 0 bridgehead atoms. The van der Waals surface area contributed by atoms with Crippen LogP contribution in [-0.4, -0.2) is 60.4 Å². The van der Waals surface area contributed by atoms with Gasteiger partial charge in [-0.3, -0.25) is 14.4 Å². The molecule has 162 valence electrons. The van der Waals surface area contributed by atoms with Gasteiger partial charge >= 0.3 is 17.9 Å². The fourth-order valence-electron chi connectivity index (χ4n) is 2.93. The zero-order valence-corrected chi connectivity index (χ0v) is 18.4. The van der Waals surface area contributed by atoms with Crippen LogP contribution in [0.2, 0.25) is 0 Å². The number of hydrogen-bond acceptors (Lipinski definition) is 11. The van der Waals surface area contributed by atoms with E-state index in [1.54, 1.807) is 7.11 Å². The molecule has 1 fully saturated rings. The van der Waals surface area contributed by atoms with Crippen LogP contribution in [0, 0.1) is 0 Å². The van der Waals surface area contributed by atoms with Crippen molar-refractivity contribution in [2.75, 3.05) is 13.7 Å². The Kier molecular flexibility index (Phi) is 7.16. The molecule has 0 unspecified atom stereocenters. The number of rotatable bonds is 7. The first-order chi connectivity index (χ1) is 14.3. The lowest BCUT2D eigenvalue weighted by atomic mass is 10.1. The van der Waals surface area contributed by atoms with Gasteiger partial charge in [-0.1, -0.05) is 11.8 Å². The van der Waals surface area contributed by atoms with Gasteiger partial charge in [0.1, 0.15) is 18.5 Å². The minimum absolute atomic E-state index is 0.140. The summed E-state index contributed by atoms with van der Waals surface area (Å²) in [6.45, 7) is 3.63. The fourth-order valence-corrected chi connectivity index (χ4v) is 5.30. The van der Waals surface area contributed by atoms with Gasteiger partial charge in [-0.2, -0.15) is 0 Å². The lowest BCUT2D eigenvalue weighted by Gasteiger charge is -2.22. The molecule has 1 aliphatic heterocycles. The van der Waals surface area contributed by atoms with Gasteiger partial charge in [-0.15, -0.1) is 11.3 Å². The van der Waals surface area contributed by atoms with Crippen molar-refractivity contribution in [3.05, 3.63) is 18.2 Å². The summed E-state index contributed by atoms with van der Waals surface area (Å²) in [5.41, 5.74) is 0.0830. The first-order valence-corrected chi connectivity index (χ1v) is 10.7. The van der Waals surface area contributed by atoms with E-state index in [9.17, 15) is 14.4 Å². The topological polar surface area (TPSA) is 110 Å². The summed E-state index contributed by atoms with van der Waals surface area (Å²) in [6, 6.07) is 5.54. The predicted octanol–water partition coefficient (Wildman–Crippen LogP) is 2.55. The van der Waals surface area contributed by atoms with E-state index in [4.69, 9.17) is 23.7 Å². The van der Waals surface area contributed by atoms with Crippen LogP contribution in [-0.2, 0) is 33.3 Å². The van der Waals surface area contributed by atoms with Crippen molar-refractivity contribution in [1.82, 2.24) is 4.98 Å². The number of thioether (sulfide) groups is 1. The van der Waals surface area contributed by atoms with E-state index in [2.05, 4.69) is 4.98 Å². The number of benzene rings is 1. The molecule has 3 rings (SSSR count). The molecule has 0 amide bonds. The van der Waals surface area contributed by atoms with Gasteiger partial charge in [-0.05, 0) is 18.2 Å². The molecule has 30 heavy (non-hydrogen) atoms. The Balaban J connectivity index is 1.85. The largest absolute Gasteiger partial charge is 0.497 e. The summed E-state index contributed by atoms with van der Waals surface area (Å²) in [5, 5.41) is 0. The number of methoxy groups -OCH3 is 1. The third-order valence-electron chi connectivity index (χ3n) is 4.12. The zero-order valence-electron chi connectivity index (χ0n) is 16.8. The highest BCUT2D eigenvalue weighted by Gasteiger charge is 2.50. The number of hydrogen-bond donors (Lipinski definition) is 0. The van der Waals surface area contributed by atoms with Gasteiger partial charge in [0.2, 0.25) is 0 Å². The zero-order chi connectivity index (χ0) is 21.8. The summed E-state index contributed by atoms with van der Waals surface area (Å²) in [6.07, 6.45) is -2.59. The average molecular weight is 456 g/mol. The molecule has 0 N–H and O–H groups in total. The van der Waals surface area contributed by atoms with Crippen LogP contribution in [0.5, 0.6) is 5.75 Å². The quantitative estimate of drug-likeness (QED) is 0.456. The molecule has 2 heterocycles. The van der Waals surface area contributed by atoms with Crippen molar-refractivity contribution < 1.29 is 38.1 Å². The van der Waals surface area contributed by atoms with Gasteiger partial charge in [0.25, 0.3) is 0 Å². The van der Waals surface area contributed by atoms with Crippen molar-refractivity contribution in [1.29, 1.82) is 0 Å². The molecule has 0 spiro atoms. The summed E-state index contributed by atoms with van der Waals surface area (Å²) in [4.78, 5) is 39.1. The normalized spacial score (nSPS) is 23.2. The Labute approximate surface area is 181 Å². The second kappa shape index (κ2) is 9.63. The number of nitrogens with zero attached hydrogens (tertiary/aromatic N) is 1. The van der Waals surface area contributed by atoms with Gasteiger partial charge in [-0.25, -0.2) is 4.98 Å². The molecule has 1 aliphatic rings. The lowest BCUT2D eigenvalue weighted by molar-refractivity contribution is -0.165. The Hall–Kier alpha value is -2.37. The molecule has 9 nitrogen and oxygen atoms in total. The number of carbonyl (C=O) groups is 3. The third-order valence-corrected chi connectivity index (χ3v) is 6.37. The molecule has 0 aliphatic carbocycles. The molecule has 11 heteroatoms. The van der Waals surface area contributed by atoms with E-state index in [0.717, 1.165) is 10.2 Å². The van der Waals surface area contributed by atoms with Gasteiger partial charge in [0.15, 0.2) is 22.0 Å². The van der Waals surface area contributed by atoms with E-state index in [1.165, 1.54) is 43.9 Å². The summed E-state index contributed by atoms with van der Waals surface area (Å²) in [5.74, 6) is -0.894. The second-order valence-corrected chi connectivity index (χ2v) is 8.80. The van der Waals surface area contributed by atoms with E-state index >= 15 is 0 Å². The average Bonchev–Trinajstić information content (AvgIpc) is 3.20. The standard InChI is InChI=1S/C19H21NO8S2/c1-9(21)25-8-14-16(26-10(2)22)17(27-11(3)23)18(28-14)30-19-20-13-6-5-12(24-4)7-15(13)29-19/h5-7,14,16-18H,8H2,1-4H3/t14-,16-,17-,18+/m1/s1. The summed E-state index contributed by atoms with van der Waals surface area (Å²) >= 11 is 2.67. The van der Waals surface area contributed by atoms with Crippen molar-refractivity contribution in [3.8, 4) is 5.75 Å². The molecular formula is C19H21NO8S2. The van der Waals surface area contributed by atoms with Gasteiger partial charge < -0.3 is 23.7 Å². The van der Waals surface area contributed by atoms with Crippen molar-refractivity contribution in [2.45, 2.75) is 48.9 Å². The SMILES string of the molecule is COc1ccc2nc(S[C@@H]3O[C@H](COC(C)=O)[C@@H](OC(C)=O)[C@H]3OC(C)=O)sc2c1. The first-order valence-electron chi connectivity index (χ1n) is 9.01. The van der Waals surface area contributed by atoms with Crippen molar-refractivity contribution >= 4 is 51.2 Å². The maximum absolute atomic E-state index is 11.7. The minimum atomic E-state index is -0.919. The lowest BCUT2D eigenvalue weighted by Crippen LogP contribution is -2.40. The van der Waals surface area contributed by atoms with Crippen LogP contribution in [0.4, 0.5) is 0 Å². The Morgan fingerprint density at radius 3 is 2.43 bits per heavy atom. The molecule has 4 atom stereocenters. The molecule has 1 aromatic carbocycles. The van der Waals surface area contributed by atoms with E-state index in [0.29, 0.717) is 10.1 Å².